The van der Waals surface area contributed by atoms with E-state index in [9.17, 15) is 8.78 Å². The van der Waals surface area contributed by atoms with E-state index >= 15 is 0 Å². The second-order valence-corrected chi connectivity index (χ2v) is 4.31. The molecule has 0 radical (unpaired) electrons. The SMILES string of the molecule is Cc1c(-c2ccnc(C(F)F)c2)cnc2[nH]ccc12. The van der Waals surface area contributed by atoms with E-state index in [4.69, 9.17) is 0 Å². The van der Waals surface area contributed by atoms with Crippen molar-refractivity contribution in [2.45, 2.75) is 13.3 Å². The number of halogens is 2. The van der Waals surface area contributed by atoms with Crippen molar-refractivity contribution >= 4 is 11.0 Å². The van der Waals surface area contributed by atoms with E-state index in [1.54, 1.807) is 12.3 Å². The van der Waals surface area contributed by atoms with Crippen LogP contribution in [-0.2, 0) is 0 Å². The summed E-state index contributed by atoms with van der Waals surface area (Å²) < 4.78 is 25.4. The molecule has 0 atom stereocenters. The summed E-state index contributed by atoms with van der Waals surface area (Å²) in [4.78, 5) is 11.0. The Hall–Kier alpha value is -2.30. The van der Waals surface area contributed by atoms with Crippen LogP contribution in [-0.4, -0.2) is 15.0 Å². The second kappa shape index (κ2) is 4.42. The zero-order chi connectivity index (χ0) is 13.4. The molecule has 0 spiro atoms. The van der Waals surface area contributed by atoms with Crippen LogP contribution in [0.15, 0.2) is 36.8 Å². The van der Waals surface area contributed by atoms with Crippen LogP contribution in [0.3, 0.4) is 0 Å². The number of aryl methyl sites for hydroxylation is 1. The van der Waals surface area contributed by atoms with Gasteiger partial charge in [0, 0.05) is 29.5 Å². The third-order valence-electron chi connectivity index (χ3n) is 3.17. The minimum Gasteiger partial charge on any atom is -0.346 e. The molecular weight excluding hydrogens is 248 g/mol. The van der Waals surface area contributed by atoms with Crippen LogP contribution in [0.5, 0.6) is 0 Å². The molecule has 0 aliphatic carbocycles. The van der Waals surface area contributed by atoms with Gasteiger partial charge >= 0.3 is 0 Å². The molecule has 0 saturated heterocycles. The lowest BCUT2D eigenvalue weighted by Gasteiger charge is -2.08. The van der Waals surface area contributed by atoms with Gasteiger partial charge in [-0.25, -0.2) is 13.8 Å². The number of hydrogen-bond acceptors (Lipinski definition) is 2. The Morgan fingerprint density at radius 1 is 1.21 bits per heavy atom. The van der Waals surface area contributed by atoms with E-state index in [1.165, 1.54) is 12.3 Å². The number of hydrogen-bond donors (Lipinski definition) is 1. The van der Waals surface area contributed by atoms with Crippen LogP contribution in [0.25, 0.3) is 22.2 Å². The van der Waals surface area contributed by atoms with E-state index < -0.39 is 6.43 Å². The summed E-state index contributed by atoms with van der Waals surface area (Å²) in [7, 11) is 0. The number of nitrogens with zero attached hydrogens (tertiary/aromatic N) is 2. The molecule has 0 saturated carbocycles. The van der Waals surface area contributed by atoms with Gasteiger partial charge in [0.05, 0.1) is 0 Å². The van der Waals surface area contributed by atoms with E-state index in [-0.39, 0.29) is 5.69 Å². The standard InChI is InChI=1S/C14H11F2N3/c1-8-10-3-5-18-14(10)19-7-11(8)9-2-4-17-12(6-9)13(15)16/h2-7,13H,1H3,(H,18,19). The Bertz CT molecular complexity index is 734. The van der Waals surface area contributed by atoms with Crippen molar-refractivity contribution in [2.24, 2.45) is 0 Å². The molecular formula is C14H11F2N3. The molecule has 0 aliphatic heterocycles. The summed E-state index contributed by atoms with van der Waals surface area (Å²) in [5, 5.41) is 0.993. The fraction of sp³-hybridized carbons (Fsp3) is 0.143. The largest absolute Gasteiger partial charge is 0.346 e. The lowest BCUT2D eigenvalue weighted by atomic mass is 10.0. The predicted octanol–water partition coefficient (Wildman–Crippen LogP) is 3.87. The molecule has 3 aromatic rings. The second-order valence-electron chi connectivity index (χ2n) is 4.31. The molecule has 19 heavy (non-hydrogen) atoms. The van der Waals surface area contributed by atoms with E-state index in [0.29, 0.717) is 5.56 Å². The number of nitrogens with one attached hydrogen (secondary N) is 1. The minimum atomic E-state index is -2.57. The molecule has 3 nitrogen and oxygen atoms in total. The van der Waals surface area contributed by atoms with Gasteiger partial charge in [-0.2, -0.15) is 0 Å². The van der Waals surface area contributed by atoms with Gasteiger partial charge < -0.3 is 4.98 Å². The summed E-state index contributed by atoms with van der Waals surface area (Å²) in [5.74, 6) is 0. The quantitative estimate of drug-likeness (QED) is 0.759. The number of aromatic nitrogens is 3. The number of rotatable bonds is 2. The Morgan fingerprint density at radius 3 is 2.84 bits per heavy atom. The van der Waals surface area contributed by atoms with Crippen LogP contribution in [0.1, 0.15) is 17.7 Å². The molecule has 0 amide bonds. The predicted molar refractivity (Wildman–Crippen MR) is 69.0 cm³/mol. The Labute approximate surface area is 108 Å². The average Bonchev–Trinajstić information content (AvgIpc) is 2.88. The first-order valence-electron chi connectivity index (χ1n) is 5.84. The van der Waals surface area contributed by atoms with Crippen LogP contribution in [0.2, 0.25) is 0 Å². The average molecular weight is 259 g/mol. The summed E-state index contributed by atoms with van der Waals surface area (Å²) in [5.41, 5.74) is 3.14. The molecule has 3 aromatic heterocycles. The Kier molecular flexibility index (Phi) is 2.74. The summed E-state index contributed by atoms with van der Waals surface area (Å²) >= 11 is 0. The van der Waals surface area contributed by atoms with Gasteiger partial charge in [-0.15, -0.1) is 0 Å². The first-order chi connectivity index (χ1) is 9.16. The van der Waals surface area contributed by atoms with Crippen molar-refractivity contribution in [3.63, 3.8) is 0 Å². The van der Waals surface area contributed by atoms with E-state index in [2.05, 4.69) is 15.0 Å². The van der Waals surface area contributed by atoms with Gasteiger partial charge in [0.15, 0.2) is 0 Å². The zero-order valence-corrected chi connectivity index (χ0v) is 10.2. The lowest BCUT2D eigenvalue weighted by Crippen LogP contribution is -1.92. The number of aromatic amines is 1. The fourth-order valence-electron chi connectivity index (χ4n) is 2.17. The topological polar surface area (TPSA) is 41.6 Å². The first-order valence-corrected chi connectivity index (χ1v) is 5.84. The third-order valence-corrected chi connectivity index (χ3v) is 3.17. The number of pyridine rings is 2. The van der Waals surface area contributed by atoms with Crippen molar-refractivity contribution in [3.8, 4) is 11.1 Å². The van der Waals surface area contributed by atoms with Gasteiger partial charge in [0.25, 0.3) is 6.43 Å². The molecule has 3 rings (SSSR count). The van der Waals surface area contributed by atoms with Crippen molar-refractivity contribution in [3.05, 3.63) is 48.0 Å². The minimum absolute atomic E-state index is 0.217. The molecule has 3 heterocycles. The molecule has 96 valence electrons. The van der Waals surface area contributed by atoms with Gasteiger partial charge in [-0.3, -0.25) is 4.98 Å². The van der Waals surface area contributed by atoms with Gasteiger partial charge in [0.1, 0.15) is 11.3 Å². The number of alkyl halides is 2. The van der Waals surface area contributed by atoms with Crippen molar-refractivity contribution < 1.29 is 8.78 Å². The summed E-state index contributed by atoms with van der Waals surface area (Å²) in [6, 6.07) is 5.05. The fourth-order valence-corrected chi connectivity index (χ4v) is 2.17. The highest BCUT2D eigenvalue weighted by atomic mass is 19.3. The normalized spacial score (nSPS) is 11.4. The van der Waals surface area contributed by atoms with Crippen molar-refractivity contribution in [1.82, 2.24) is 15.0 Å². The molecule has 0 bridgehead atoms. The van der Waals surface area contributed by atoms with Crippen molar-refractivity contribution in [1.29, 1.82) is 0 Å². The number of fused-ring (bicyclic) bond motifs is 1. The lowest BCUT2D eigenvalue weighted by molar-refractivity contribution is 0.146. The van der Waals surface area contributed by atoms with Crippen LogP contribution in [0, 0.1) is 6.92 Å². The van der Waals surface area contributed by atoms with Gasteiger partial charge in [0.2, 0.25) is 0 Å². The molecule has 5 heteroatoms. The summed E-state index contributed by atoms with van der Waals surface area (Å²) in [6.45, 7) is 1.95. The zero-order valence-electron chi connectivity index (χ0n) is 10.2. The first kappa shape index (κ1) is 11.8. The Balaban J connectivity index is 2.18. The molecule has 0 unspecified atom stereocenters. The highest BCUT2D eigenvalue weighted by molar-refractivity contribution is 5.86. The van der Waals surface area contributed by atoms with E-state index in [0.717, 1.165) is 22.2 Å². The monoisotopic (exact) mass is 259 g/mol. The highest BCUT2D eigenvalue weighted by Gasteiger charge is 2.12. The summed E-state index contributed by atoms with van der Waals surface area (Å²) in [6.07, 6.45) is 2.34. The molecule has 0 aromatic carbocycles. The Morgan fingerprint density at radius 2 is 2.05 bits per heavy atom. The van der Waals surface area contributed by atoms with Gasteiger partial charge in [-0.1, -0.05) is 0 Å². The maximum absolute atomic E-state index is 12.7. The van der Waals surface area contributed by atoms with Crippen LogP contribution in [0.4, 0.5) is 8.78 Å². The van der Waals surface area contributed by atoms with E-state index in [1.807, 2.05) is 19.2 Å². The van der Waals surface area contributed by atoms with Crippen LogP contribution >= 0.6 is 0 Å². The maximum Gasteiger partial charge on any atom is 0.280 e. The highest BCUT2D eigenvalue weighted by Crippen LogP contribution is 2.29. The molecule has 0 fully saturated rings. The van der Waals surface area contributed by atoms with Crippen LogP contribution < -0.4 is 0 Å². The number of H-pyrrole nitrogens is 1. The van der Waals surface area contributed by atoms with Gasteiger partial charge in [-0.05, 0) is 36.2 Å². The van der Waals surface area contributed by atoms with Crippen molar-refractivity contribution in [2.75, 3.05) is 0 Å². The maximum atomic E-state index is 12.7. The molecule has 1 N–H and O–H groups in total. The molecule has 0 aliphatic rings. The smallest absolute Gasteiger partial charge is 0.280 e. The third kappa shape index (κ3) is 1.97.